The lowest BCUT2D eigenvalue weighted by Crippen LogP contribution is -2.39. The van der Waals surface area contributed by atoms with Crippen LogP contribution in [0.4, 0.5) is 4.39 Å². The molecule has 0 saturated carbocycles. The number of benzene rings is 2. The van der Waals surface area contributed by atoms with Gasteiger partial charge in [-0.15, -0.1) is 0 Å². The van der Waals surface area contributed by atoms with E-state index in [2.05, 4.69) is 39.5 Å². The fourth-order valence-corrected chi connectivity index (χ4v) is 4.39. The zero-order valence-corrected chi connectivity index (χ0v) is 17.8. The lowest BCUT2D eigenvalue weighted by Gasteiger charge is -2.32. The zero-order valence-electron chi connectivity index (χ0n) is 17.8. The molecule has 2 aromatic carbocycles. The number of fused-ring (bicyclic) bond motifs is 1. The van der Waals surface area contributed by atoms with Gasteiger partial charge in [0.2, 0.25) is 0 Å². The Hall–Kier alpha value is -2.99. The van der Waals surface area contributed by atoms with Crippen molar-refractivity contribution in [2.75, 3.05) is 20.2 Å². The van der Waals surface area contributed by atoms with Gasteiger partial charge in [0, 0.05) is 29.7 Å². The number of ether oxygens (including phenoxy) is 1. The highest BCUT2D eigenvalue weighted by atomic mass is 19.1. The summed E-state index contributed by atoms with van der Waals surface area (Å²) in [5.74, 6) is 0.559. The molecule has 5 nitrogen and oxygen atoms in total. The second kappa shape index (κ2) is 9.88. The molecule has 162 valence electrons. The van der Waals surface area contributed by atoms with E-state index < -0.39 is 6.04 Å². The van der Waals surface area contributed by atoms with Crippen LogP contribution in [0.25, 0.3) is 10.9 Å². The van der Waals surface area contributed by atoms with Gasteiger partial charge in [-0.3, -0.25) is 4.90 Å². The minimum Gasteiger partial charge on any atom is -0.497 e. The highest BCUT2D eigenvalue weighted by molar-refractivity contribution is 5.84. The number of nitrogens with one attached hydrogen (secondary N) is 1. The van der Waals surface area contributed by atoms with Crippen molar-refractivity contribution in [2.24, 2.45) is 5.18 Å². The molecule has 0 aliphatic carbocycles. The predicted molar refractivity (Wildman–Crippen MR) is 122 cm³/mol. The van der Waals surface area contributed by atoms with Gasteiger partial charge < -0.3 is 9.72 Å². The molecular weight excluding hydrogens is 393 g/mol. The maximum absolute atomic E-state index is 13.2. The summed E-state index contributed by atoms with van der Waals surface area (Å²) in [6.07, 6.45) is 10.1. The first-order chi connectivity index (χ1) is 15.2. The number of halogens is 1. The number of nitroso groups, excluding NO2 is 1. The zero-order chi connectivity index (χ0) is 21.6. The van der Waals surface area contributed by atoms with E-state index >= 15 is 0 Å². The van der Waals surface area contributed by atoms with Gasteiger partial charge in [0.1, 0.15) is 17.6 Å². The molecular formula is C25H28FN3O2. The monoisotopic (exact) mass is 421 g/mol. The molecule has 1 aliphatic heterocycles. The molecule has 0 amide bonds. The Morgan fingerprint density at radius 2 is 2.10 bits per heavy atom. The van der Waals surface area contributed by atoms with E-state index in [1.165, 1.54) is 23.1 Å². The van der Waals surface area contributed by atoms with E-state index in [0.29, 0.717) is 12.5 Å². The predicted octanol–water partition coefficient (Wildman–Crippen LogP) is 5.78. The van der Waals surface area contributed by atoms with Crippen LogP contribution in [-0.4, -0.2) is 36.1 Å². The largest absolute Gasteiger partial charge is 0.497 e. The fourth-order valence-electron chi connectivity index (χ4n) is 4.39. The van der Waals surface area contributed by atoms with Crippen molar-refractivity contribution in [1.29, 1.82) is 0 Å². The van der Waals surface area contributed by atoms with Crippen LogP contribution in [0.2, 0.25) is 0 Å². The van der Waals surface area contributed by atoms with Gasteiger partial charge in [0.15, 0.2) is 0 Å². The standard InChI is InChI=1S/C25H28FN3O2/c1-31-22-11-12-25-23(16-22)19(17-27-25)15-21-5-2-3-13-29(21)14-4-6-24(28-30)18-7-9-20(26)10-8-18/h2,5,7-12,16-17,21,24,27H,3-4,6,13-15H2,1H3. The van der Waals surface area contributed by atoms with Crippen LogP contribution in [0.1, 0.15) is 36.4 Å². The van der Waals surface area contributed by atoms with Crippen LogP contribution in [0.15, 0.2) is 66.0 Å². The molecule has 0 spiro atoms. The molecule has 0 bridgehead atoms. The molecule has 0 fully saturated rings. The van der Waals surface area contributed by atoms with E-state index in [1.54, 1.807) is 19.2 Å². The van der Waals surface area contributed by atoms with Crippen molar-refractivity contribution in [3.63, 3.8) is 0 Å². The van der Waals surface area contributed by atoms with E-state index in [0.717, 1.165) is 49.2 Å². The first-order valence-electron chi connectivity index (χ1n) is 10.8. The number of hydrogen-bond acceptors (Lipinski definition) is 4. The summed E-state index contributed by atoms with van der Waals surface area (Å²) in [5, 5.41) is 4.47. The minimum atomic E-state index is -0.430. The summed E-state index contributed by atoms with van der Waals surface area (Å²) < 4.78 is 18.5. The summed E-state index contributed by atoms with van der Waals surface area (Å²) in [4.78, 5) is 17.2. The van der Waals surface area contributed by atoms with Gasteiger partial charge in [-0.1, -0.05) is 29.5 Å². The molecule has 31 heavy (non-hydrogen) atoms. The van der Waals surface area contributed by atoms with Crippen LogP contribution < -0.4 is 4.74 Å². The Labute approximate surface area is 181 Å². The minimum absolute atomic E-state index is 0.300. The van der Waals surface area contributed by atoms with Gasteiger partial charge in [-0.2, -0.15) is 4.91 Å². The number of aromatic amines is 1. The average Bonchev–Trinajstić information content (AvgIpc) is 3.20. The molecule has 2 heterocycles. The van der Waals surface area contributed by atoms with Crippen molar-refractivity contribution in [3.8, 4) is 5.75 Å². The average molecular weight is 422 g/mol. The number of hydrogen-bond donors (Lipinski definition) is 1. The quantitative estimate of drug-likeness (QED) is 0.352. The lowest BCUT2D eigenvalue weighted by molar-refractivity contribution is 0.216. The van der Waals surface area contributed by atoms with Crippen LogP contribution in [0.5, 0.6) is 5.75 Å². The summed E-state index contributed by atoms with van der Waals surface area (Å²) in [5.41, 5.74) is 3.16. The van der Waals surface area contributed by atoms with Gasteiger partial charge >= 0.3 is 0 Å². The van der Waals surface area contributed by atoms with E-state index in [9.17, 15) is 9.30 Å². The van der Waals surface area contributed by atoms with Crippen molar-refractivity contribution < 1.29 is 9.13 Å². The summed E-state index contributed by atoms with van der Waals surface area (Å²) in [7, 11) is 1.69. The van der Waals surface area contributed by atoms with E-state index in [4.69, 9.17) is 4.74 Å². The molecule has 4 rings (SSSR count). The third kappa shape index (κ3) is 5.02. The number of methoxy groups -OCH3 is 1. The molecule has 3 aromatic rings. The molecule has 2 unspecified atom stereocenters. The summed E-state index contributed by atoms with van der Waals surface area (Å²) in [6, 6.07) is 12.1. The molecule has 6 heteroatoms. The third-order valence-electron chi connectivity index (χ3n) is 6.12. The Balaban J connectivity index is 1.40. The number of aromatic nitrogens is 1. The normalized spacial score (nSPS) is 17.7. The molecule has 0 radical (unpaired) electrons. The highest BCUT2D eigenvalue weighted by Crippen LogP contribution is 2.27. The van der Waals surface area contributed by atoms with Crippen LogP contribution in [-0.2, 0) is 6.42 Å². The lowest BCUT2D eigenvalue weighted by atomic mass is 9.99. The van der Waals surface area contributed by atoms with Gasteiger partial charge in [-0.25, -0.2) is 4.39 Å². The molecule has 1 N–H and O–H groups in total. The van der Waals surface area contributed by atoms with Crippen LogP contribution in [0.3, 0.4) is 0 Å². The molecule has 1 aromatic heterocycles. The maximum atomic E-state index is 13.2. The van der Waals surface area contributed by atoms with Crippen molar-refractivity contribution in [2.45, 2.75) is 37.8 Å². The smallest absolute Gasteiger partial charge is 0.123 e. The first kappa shape index (κ1) is 21.2. The topological polar surface area (TPSA) is 57.7 Å². The first-order valence-corrected chi connectivity index (χ1v) is 10.8. The number of rotatable bonds is 9. The second-order valence-electron chi connectivity index (χ2n) is 8.06. The van der Waals surface area contributed by atoms with Crippen molar-refractivity contribution in [1.82, 2.24) is 9.88 Å². The number of nitrogens with zero attached hydrogens (tertiary/aromatic N) is 2. The molecule has 1 aliphatic rings. The van der Waals surface area contributed by atoms with Crippen molar-refractivity contribution >= 4 is 10.9 Å². The van der Waals surface area contributed by atoms with Gasteiger partial charge in [0.25, 0.3) is 0 Å². The SMILES string of the molecule is COc1ccc2[nH]cc(CC3C=CCCN3CCCC(N=O)c3ccc(F)cc3)c2c1. The van der Waals surface area contributed by atoms with Crippen LogP contribution in [0, 0.1) is 10.7 Å². The second-order valence-corrected chi connectivity index (χ2v) is 8.06. The Morgan fingerprint density at radius 1 is 1.26 bits per heavy atom. The number of H-pyrrole nitrogens is 1. The van der Waals surface area contributed by atoms with Crippen molar-refractivity contribution in [3.05, 3.63) is 82.7 Å². The molecule has 2 atom stereocenters. The maximum Gasteiger partial charge on any atom is 0.123 e. The Morgan fingerprint density at radius 3 is 2.87 bits per heavy atom. The van der Waals surface area contributed by atoms with Gasteiger partial charge in [0.05, 0.1) is 7.11 Å². The van der Waals surface area contributed by atoms with E-state index in [1.807, 2.05) is 12.1 Å². The Bertz CT molecular complexity index is 1040. The highest BCUT2D eigenvalue weighted by Gasteiger charge is 2.21. The molecule has 0 saturated heterocycles. The fraction of sp³-hybridized carbons (Fsp3) is 0.360. The third-order valence-corrected chi connectivity index (χ3v) is 6.12. The van der Waals surface area contributed by atoms with Crippen LogP contribution >= 0.6 is 0 Å². The van der Waals surface area contributed by atoms with E-state index in [-0.39, 0.29) is 5.82 Å². The van der Waals surface area contributed by atoms with Gasteiger partial charge in [-0.05, 0) is 73.7 Å². The summed E-state index contributed by atoms with van der Waals surface area (Å²) >= 11 is 0. The Kier molecular flexibility index (Phi) is 6.77. The summed E-state index contributed by atoms with van der Waals surface area (Å²) in [6.45, 7) is 1.90.